The molecular formula is C25H28BrNO4. The van der Waals surface area contributed by atoms with Crippen molar-refractivity contribution in [3.05, 3.63) is 70.5 Å². The fourth-order valence-electron chi connectivity index (χ4n) is 3.55. The number of benzene rings is 2. The summed E-state index contributed by atoms with van der Waals surface area (Å²) in [5.74, 6) is 0.312. The van der Waals surface area contributed by atoms with E-state index in [1.807, 2.05) is 24.3 Å². The van der Waals surface area contributed by atoms with Crippen LogP contribution in [-0.4, -0.2) is 36.2 Å². The number of ketones is 1. The van der Waals surface area contributed by atoms with Crippen LogP contribution in [0.2, 0.25) is 0 Å². The molecule has 5 nitrogen and oxygen atoms in total. The summed E-state index contributed by atoms with van der Waals surface area (Å²) >= 11 is 3.45. The van der Waals surface area contributed by atoms with Crippen LogP contribution in [0.3, 0.4) is 0 Å². The number of hydrogen-bond acceptors (Lipinski definition) is 4. The highest BCUT2D eigenvalue weighted by Gasteiger charge is 2.23. The number of alkyl halides is 1. The lowest BCUT2D eigenvalue weighted by molar-refractivity contribution is -0.0756. The van der Waals surface area contributed by atoms with Crippen LogP contribution in [0.5, 0.6) is 0 Å². The van der Waals surface area contributed by atoms with Gasteiger partial charge in [-0.05, 0) is 43.0 Å². The van der Waals surface area contributed by atoms with E-state index in [0.717, 1.165) is 36.1 Å². The molecule has 0 atom stereocenters. The molecule has 0 unspecified atom stereocenters. The number of hydroxylamine groups is 2. The van der Waals surface area contributed by atoms with Gasteiger partial charge in [0.25, 0.3) is 5.91 Å². The lowest BCUT2D eigenvalue weighted by Crippen LogP contribution is -2.25. The highest BCUT2D eigenvalue weighted by molar-refractivity contribution is 9.09. The summed E-state index contributed by atoms with van der Waals surface area (Å²) < 4.78 is 6.06. The third kappa shape index (κ3) is 5.25. The number of rotatable bonds is 10. The third-order valence-electron chi connectivity index (χ3n) is 5.37. The number of furan rings is 1. The number of fused-ring (bicyclic) bond motifs is 1. The quantitative estimate of drug-likeness (QED) is 0.201. The summed E-state index contributed by atoms with van der Waals surface area (Å²) in [5, 5.41) is 2.77. The van der Waals surface area contributed by atoms with Crippen molar-refractivity contribution in [2.75, 3.05) is 19.5 Å². The van der Waals surface area contributed by atoms with E-state index >= 15 is 0 Å². The van der Waals surface area contributed by atoms with Crippen LogP contribution in [0.15, 0.2) is 46.9 Å². The second-order valence-corrected chi connectivity index (χ2v) is 8.31. The molecule has 2 aromatic carbocycles. The van der Waals surface area contributed by atoms with E-state index in [-0.39, 0.29) is 11.7 Å². The molecule has 0 N–H and O–H groups in total. The SMILES string of the molecule is CCCCc1oc2ccc(C(=O)N(C)OC)cc2c1C(=O)c1ccc(CCCBr)cc1. The van der Waals surface area contributed by atoms with Crippen LogP contribution in [0.1, 0.15) is 63.8 Å². The summed E-state index contributed by atoms with van der Waals surface area (Å²) in [6.07, 6.45) is 4.61. The minimum absolute atomic E-state index is 0.0819. The Kier molecular flexibility index (Phi) is 8.04. The number of hydrogen-bond donors (Lipinski definition) is 0. The zero-order valence-corrected chi connectivity index (χ0v) is 19.8. The minimum atomic E-state index is -0.282. The van der Waals surface area contributed by atoms with Gasteiger partial charge in [-0.25, -0.2) is 5.06 Å². The van der Waals surface area contributed by atoms with Gasteiger partial charge < -0.3 is 4.42 Å². The molecule has 0 saturated carbocycles. The van der Waals surface area contributed by atoms with Gasteiger partial charge in [0.1, 0.15) is 11.3 Å². The smallest absolute Gasteiger partial charge is 0.277 e. The van der Waals surface area contributed by atoms with Crippen molar-refractivity contribution >= 4 is 38.6 Å². The number of aryl methyl sites for hydroxylation is 2. The first-order valence-electron chi connectivity index (χ1n) is 10.6. The van der Waals surface area contributed by atoms with Gasteiger partial charge >= 0.3 is 0 Å². The average molecular weight is 486 g/mol. The van der Waals surface area contributed by atoms with E-state index in [9.17, 15) is 9.59 Å². The molecule has 0 saturated heterocycles. The van der Waals surface area contributed by atoms with Gasteiger partial charge in [-0.15, -0.1) is 0 Å². The molecule has 0 aliphatic rings. The van der Waals surface area contributed by atoms with Crippen molar-refractivity contribution < 1.29 is 18.8 Å². The van der Waals surface area contributed by atoms with Crippen molar-refractivity contribution in [2.45, 2.75) is 39.0 Å². The maximum atomic E-state index is 13.5. The minimum Gasteiger partial charge on any atom is -0.460 e. The second-order valence-electron chi connectivity index (χ2n) is 7.52. The molecular weight excluding hydrogens is 458 g/mol. The number of carbonyl (C=O) groups excluding carboxylic acids is 2. The fraction of sp³-hybridized carbons (Fsp3) is 0.360. The van der Waals surface area contributed by atoms with Crippen LogP contribution < -0.4 is 0 Å². The summed E-state index contributed by atoms with van der Waals surface area (Å²) in [6, 6.07) is 12.9. The molecule has 1 amide bonds. The largest absolute Gasteiger partial charge is 0.460 e. The van der Waals surface area contributed by atoms with Crippen LogP contribution in [0, 0.1) is 0 Å². The van der Waals surface area contributed by atoms with Gasteiger partial charge in [-0.3, -0.25) is 14.4 Å². The number of unbranched alkanes of at least 4 members (excludes halogenated alkanes) is 1. The topological polar surface area (TPSA) is 59.8 Å². The fourth-order valence-corrected chi connectivity index (χ4v) is 3.83. The first-order chi connectivity index (χ1) is 15.0. The molecule has 0 aliphatic carbocycles. The van der Waals surface area contributed by atoms with Gasteiger partial charge in [-0.1, -0.05) is 53.5 Å². The lowest BCUT2D eigenvalue weighted by atomic mass is 9.96. The predicted molar refractivity (Wildman–Crippen MR) is 126 cm³/mol. The van der Waals surface area contributed by atoms with Gasteiger partial charge in [0.2, 0.25) is 0 Å². The van der Waals surface area contributed by atoms with E-state index in [1.165, 1.54) is 12.7 Å². The van der Waals surface area contributed by atoms with Crippen LogP contribution >= 0.6 is 15.9 Å². The molecule has 0 aliphatic heterocycles. The molecule has 3 aromatic rings. The number of amides is 1. The van der Waals surface area contributed by atoms with Gasteiger partial charge in [-0.2, -0.15) is 0 Å². The highest BCUT2D eigenvalue weighted by atomic mass is 79.9. The Balaban J connectivity index is 2.04. The Bertz CT molecular complexity index is 1060. The molecule has 164 valence electrons. The van der Waals surface area contributed by atoms with Gasteiger partial charge in [0.05, 0.1) is 12.7 Å². The van der Waals surface area contributed by atoms with E-state index in [0.29, 0.717) is 39.8 Å². The maximum absolute atomic E-state index is 13.5. The molecule has 0 bridgehead atoms. The van der Waals surface area contributed by atoms with Crippen molar-refractivity contribution in [2.24, 2.45) is 0 Å². The van der Waals surface area contributed by atoms with E-state index in [2.05, 4.69) is 22.9 Å². The molecule has 1 heterocycles. The molecule has 0 radical (unpaired) electrons. The number of halogens is 1. The Hall–Kier alpha value is -2.44. The van der Waals surface area contributed by atoms with E-state index in [1.54, 1.807) is 25.2 Å². The van der Waals surface area contributed by atoms with Crippen molar-refractivity contribution in [1.29, 1.82) is 0 Å². The Morgan fingerprint density at radius 3 is 2.39 bits per heavy atom. The second kappa shape index (κ2) is 10.7. The standard InChI is InChI=1S/C25H28BrNO4/c1-4-5-8-22-23(24(28)18-11-9-17(10-12-18)7-6-15-26)20-16-19(13-14-21(20)31-22)25(29)27(2)30-3/h9-14,16H,4-8,15H2,1-3H3. The van der Waals surface area contributed by atoms with Crippen LogP contribution in [0.4, 0.5) is 0 Å². The Morgan fingerprint density at radius 2 is 1.74 bits per heavy atom. The summed E-state index contributed by atoms with van der Waals surface area (Å²) in [7, 11) is 2.99. The highest BCUT2D eigenvalue weighted by Crippen LogP contribution is 2.31. The maximum Gasteiger partial charge on any atom is 0.277 e. The first kappa shape index (κ1) is 23.2. The zero-order chi connectivity index (χ0) is 22.4. The average Bonchev–Trinajstić information content (AvgIpc) is 3.17. The molecule has 1 aromatic heterocycles. The van der Waals surface area contributed by atoms with Gasteiger partial charge in [0.15, 0.2) is 5.78 Å². The molecule has 3 rings (SSSR count). The normalized spacial score (nSPS) is 11.1. The Labute approximate surface area is 191 Å². The van der Waals surface area contributed by atoms with Crippen molar-refractivity contribution in [3.8, 4) is 0 Å². The van der Waals surface area contributed by atoms with Crippen molar-refractivity contribution in [1.82, 2.24) is 5.06 Å². The van der Waals surface area contributed by atoms with E-state index in [4.69, 9.17) is 9.25 Å². The number of nitrogens with zero attached hydrogens (tertiary/aromatic N) is 1. The van der Waals surface area contributed by atoms with Gasteiger partial charge in [0, 0.05) is 35.3 Å². The van der Waals surface area contributed by atoms with Crippen LogP contribution in [-0.2, 0) is 17.7 Å². The first-order valence-corrected chi connectivity index (χ1v) is 11.7. The molecule has 0 fully saturated rings. The zero-order valence-electron chi connectivity index (χ0n) is 18.2. The summed E-state index contributed by atoms with van der Waals surface area (Å²) in [4.78, 5) is 31.1. The van der Waals surface area contributed by atoms with Crippen LogP contribution in [0.25, 0.3) is 11.0 Å². The third-order valence-corrected chi connectivity index (χ3v) is 5.93. The van der Waals surface area contributed by atoms with Crippen molar-refractivity contribution in [3.63, 3.8) is 0 Å². The monoisotopic (exact) mass is 485 g/mol. The molecule has 0 spiro atoms. The van der Waals surface area contributed by atoms with E-state index < -0.39 is 0 Å². The predicted octanol–water partition coefficient (Wildman–Crippen LogP) is 5.97. The lowest BCUT2D eigenvalue weighted by Gasteiger charge is -2.13. The summed E-state index contributed by atoms with van der Waals surface area (Å²) in [6.45, 7) is 2.10. The Morgan fingerprint density at radius 1 is 1.03 bits per heavy atom. The molecule has 6 heteroatoms. The number of carbonyl (C=O) groups is 2. The summed E-state index contributed by atoms with van der Waals surface area (Å²) in [5.41, 5.74) is 3.42. The molecule has 31 heavy (non-hydrogen) atoms.